The van der Waals surface area contributed by atoms with Gasteiger partial charge < -0.3 is 5.32 Å². The SMILES string of the molecule is Cc1cccc(C(=O)NC[C@@H](C)c2ccccc2)c1. The van der Waals surface area contributed by atoms with Gasteiger partial charge in [0, 0.05) is 12.1 Å². The van der Waals surface area contributed by atoms with Crippen molar-refractivity contribution in [1.29, 1.82) is 0 Å². The number of rotatable bonds is 4. The molecule has 2 nitrogen and oxygen atoms in total. The minimum Gasteiger partial charge on any atom is -0.351 e. The molecule has 0 saturated heterocycles. The van der Waals surface area contributed by atoms with E-state index in [1.807, 2.05) is 49.4 Å². The lowest BCUT2D eigenvalue weighted by Crippen LogP contribution is -2.27. The summed E-state index contributed by atoms with van der Waals surface area (Å²) >= 11 is 0. The molecule has 0 heterocycles. The van der Waals surface area contributed by atoms with E-state index in [4.69, 9.17) is 0 Å². The molecule has 0 aliphatic rings. The summed E-state index contributed by atoms with van der Waals surface area (Å²) in [6, 6.07) is 17.9. The second-order valence-corrected chi connectivity index (χ2v) is 4.89. The first-order valence-electron chi connectivity index (χ1n) is 6.56. The zero-order valence-corrected chi connectivity index (χ0v) is 11.4. The third-order valence-electron chi connectivity index (χ3n) is 3.22. The van der Waals surface area contributed by atoms with E-state index in [0.29, 0.717) is 12.5 Å². The van der Waals surface area contributed by atoms with E-state index in [1.165, 1.54) is 5.56 Å². The van der Waals surface area contributed by atoms with Crippen molar-refractivity contribution in [3.8, 4) is 0 Å². The maximum atomic E-state index is 12.0. The van der Waals surface area contributed by atoms with Gasteiger partial charge in [0.15, 0.2) is 0 Å². The minimum atomic E-state index is -0.00789. The van der Waals surface area contributed by atoms with Crippen molar-refractivity contribution >= 4 is 5.91 Å². The Morgan fingerprint density at radius 1 is 1.11 bits per heavy atom. The molecule has 0 bridgehead atoms. The van der Waals surface area contributed by atoms with E-state index in [9.17, 15) is 4.79 Å². The highest BCUT2D eigenvalue weighted by Crippen LogP contribution is 2.13. The Bertz CT molecular complexity index is 548. The average molecular weight is 253 g/mol. The highest BCUT2D eigenvalue weighted by Gasteiger charge is 2.09. The van der Waals surface area contributed by atoms with E-state index in [0.717, 1.165) is 11.1 Å². The van der Waals surface area contributed by atoms with Gasteiger partial charge in [0.1, 0.15) is 0 Å². The molecule has 1 atom stereocenters. The Morgan fingerprint density at radius 3 is 2.53 bits per heavy atom. The summed E-state index contributed by atoms with van der Waals surface area (Å²) in [6.45, 7) is 4.76. The van der Waals surface area contributed by atoms with Gasteiger partial charge >= 0.3 is 0 Å². The minimum absolute atomic E-state index is 0.00789. The van der Waals surface area contributed by atoms with Crippen LogP contribution in [0.25, 0.3) is 0 Å². The summed E-state index contributed by atoms with van der Waals surface area (Å²) in [5, 5.41) is 2.99. The number of amides is 1. The molecular formula is C17H19NO. The second kappa shape index (κ2) is 6.19. The van der Waals surface area contributed by atoms with Gasteiger partial charge in [-0.05, 0) is 30.5 Å². The molecule has 0 fully saturated rings. The monoisotopic (exact) mass is 253 g/mol. The van der Waals surface area contributed by atoms with Crippen molar-refractivity contribution in [1.82, 2.24) is 5.32 Å². The lowest BCUT2D eigenvalue weighted by molar-refractivity contribution is 0.0951. The number of hydrogen-bond acceptors (Lipinski definition) is 1. The molecule has 2 rings (SSSR count). The van der Waals surface area contributed by atoms with Gasteiger partial charge in [-0.1, -0.05) is 55.0 Å². The maximum Gasteiger partial charge on any atom is 0.251 e. The topological polar surface area (TPSA) is 29.1 Å². The highest BCUT2D eigenvalue weighted by molar-refractivity contribution is 5.94. The van der Waals surface area contributed by atoms with Gasteiger partial charge in [-0.2, -0.15) is 0 Å². The van der Waals surface area contributed by atoms with E-state index in [-0.39, 0.29) is 5.91 Å². The lowest BCUT2D eigenvalue weighted by atomic mass is 10.0. The molecule has 1 N–H and O–H groups in total. The molecule has 0 spiro atoms. The standard InChI is InChI=1S/C17H19NO/c1-13-7-6-10-16(11-13)17(19)18-12-14(2)15-8-4-3-5-9-15/h3-11,14H,12H2,1-2H3,(H,18,19)/t14-/m1/s1. The molecule has 2 aromatic carbocycles. The van der Waals surface area contributed by atoms with Gasteiger partial charge in [-0.15, -0.1) is 0 Å². The normalized spacial score (nSPS) is 11.9. The predicted molar refractivity (Wildman–Crippen MR) is 78.4 cm³/mol. The molecule has 2 heteroatoms. The van der Waals surface area contributed by atoms with Crippen molar-refractivity contribution in [2.45, 2.75) is 19.8 Å². The van der Waals surface area contributed by atoms with Crippen molar-refractivity contribution in [2.24, 2.45) is 0 Å². The Balaban J connectivity index is 1.94. The van der Waals surface area contributed by atoms with E-state index < -0.39 is 0 Å². The van der Waals surface area contributed by atoms with Gasteiger partial charge in [-0.25, -0.2) is 0 Å². The molecule has 2 aromatic rings. The van der Waals surface area contributed by atoms with Crippen LogP contribution in [0.3, 0.4) is 0 Å². The summed E-state index contributed by atoms with van der Waals surface area (Å²) in [4.78, 5) is 12.0. The first-order chi connectivity index (χ1) is 9.16. The molecule has 19 heavy (non-hydrogen) atoms. The van der Waals surface area contributed by atoms with Crippen molar-refractivity contribution in [3.05, 3.63) is 71.3 Å². The number of carbonyl (C=O) groups excluding carboxylic acids is 1. The van der Waals surface area contributed by atoms with Crippen molar-refractivity contribution < 1.29 is 4.79 Å². The summed E-state index contributed by atoms with van der Waals surface area (Å²) in [6.07, 6.45) is 0. The average Bonchev–Trinajstić information content (AvgIpc) is 2.45. The van der Waals surface area contributed by atoms with Gasteiger partial charge in [-0.3, -0.25) is 4.79 Å². The van der Waals surface area contributed by atoms with Gasteiger partial charge in [0.25, 0.3) is 5.91 Å². The first kappa shape index (κ1) is 13.3. The fourth-order valence-electron chi connectivity index (χ4n) is 2.03. The number of aryl methyl sites for hydroxylation is 1. The molecule has 1 amide bonds. The highest BCUT2D eigenvalue weighted by atomic mass is 16.1. The largest absolute Gasteiger partial charge is 0.351 e. The molecule has 0 radical (unpaired) electrons. The first-order valence-corrected chi connectivity index (χ1v) is 6.56. The number of nitrogens with one attached hydrogen (secondary N) is 1. The third-order valence-corrected chi connectivity index (χ3v) is 3.22. The molecular weight excluding hydrogens is 234 g/mol. The Kier molecular flexibility index (Phi) is 4.35. The molecule has 0 aliphatic heterocycles. The van der Waals surface area contributed by atoms with Gasteiger partial charge in [0.05, 0.1) is 0 Å². The van der Waals surface area contributed by atoms with Crippen LogP contribution in [0.4, 0.5) is 0 Å². The summed E-state index contributed by atoms with van der Waals surface area (Å²) in [7, 11) is 0. The number of benzene rings is 2. The van der Waals surface area contributed by atoms with Crippen molar-refractivity contribution in [2.75, 3.05) is 6.54 Å². The summed E-state index contributed by atoms with van der Waals surface area (Å²) in [5.74, 6) is 0.307. The third kappa shape index (κ3) is 3.68. The van der Waals surface area contributed by atoms with Crippen LogP contribution in [-0.4, -0.2) is 12.5 Å². The van der Waals surface area contributed by atoms with E-state index in [1.54, 1.807) is 0 Å². The van der Waals surface area contributed by atoms with Crippen LogP contribution in [0, 0.1) is 6.92 Å². The summed E-state index contributed by atoms with van der Waals surface area (Å²) in [5.41, 5.74) is 3.07. The van der Waals surface area contributed by atoms with Gasteiger partial charge in [0.2, 0.25) is 0 Å². The van der Waals surface area contributed by atoms with Crippen LogP contribution >= 0.6 is 0 Å². The zero-order valence-electron chi connectivity index (χ0n) is 11.4. The smallest absolute Gasteiger partial charge is 0.251 e. The molecule has 0 unspecified atom stereocenters. The molecule has 0 aromatic heterocycles. The maximum absolute atomic E-state index is 12.0. The van der Waals surface area contributed by atoms with E-state index in [2.05, 4.69) is 24.4 Å². The summed E-state index contributed by atoms with van der Waals surface area (Å²) < 4.78 is 0. The van der Waals surface area contributed by atoms with Crippen LogP contribution < -0.4 is 5.32 Å². The van der Waals surface area contributed by atoms with Crippen LogP contribution in [0.5, 0.6) is 0 Å². The second-order valence-electron chi connectivity index (χ2n) is 4.89. The van der Waals surface area contributed by atoms with E-state index >= 15 is 0 Å². The lowest BCUT2D eigenvalue weighted by Gasteiger charge is -2.13. The molecule has 0 aliphatic carbocycles. The van der Waals surface area contributed by atoms with Crippen LogP contribution in [0.2, 0.25) is 0 Å². The quantitative estimate of drug-likeness (QED) is 0.887. The van der Waals surface area contributed by atoms with Crippen LogP contribution in [0.15, 0.2) is 54.6 Å². The van der Waals surface area contributed by atoms with Crippen LogP contribution in [-0.2, 0) is 0 Å². The molecule has 0 saturated carbocycles. The fraction of sp³-hybridized carbons (Fsp3) is 0.235. The Labute approximate surface area is 114 Å². The Hall–Kier alpha value is -2.09. The number of carbonyl (C=O) groups is 1. The van der Waals surface area contributed by atoms with Crippen LogP contribution in [0.1, 0.15) is 34.3 Å². The predicted octanol–water partition coefficient (Wildman–Crippen LogP) is 3.53. The Morgan fingerprint density at radius 2 is 1.84 bits per heavy atom. The zero-order chi connectivity index (χ0) is 13.7. The number of hydrogen-bond donors (Lipinski definition) is 1. The fourth-order valence-corrected chi connectivity index (χ4v) is 2.03. The molecule has 98 valence electrons. The van der Waals surface area contributed by atoms with Crippen molar-refractivity contribution in [3.63, 3.8) is 0 Å².